The van der Waals surface area contributed by atoms with E-state index >= 15 is 0 Å². The van der Waals surface area contributed by atoms with E-state index in [-0.39, 0.29) is 5.15 Å². The molecule has 0 bridgehead atoms. The Kier molecular flexibility index (Phi) is 1.44. The topological polar surface area (TPSA) is 34.4 Å². The lowest BCUT2D eigenvalue weighted by Gasteiger charge is -1.83. The first kappa shape index (κ1) is 6.82. The number of carbonyl (C=O) groups is 1. The molecule has 0 radical (unpaired) electrons. The molecule has 0 atom stereocenters. The summed E-state index contributed by atoms with van der Waals surface area (Å²) < 4.78 is 1.67. The molecule has 0 aliphatic rings. The maximum atomic E-state index is 10.5. The van der Waals surface area contributed by atoms with Crippen LogP contribution in [0.5, 0.6) is 0 Å². The van der Waals surface area contributed by atoms with Crippen molar-refractivity contribution in [3.05, 3.63) is 22.4 Å². The van der Waals surface area contributed by atoms with Crippen LogP contribution >= 0.6 is 22.9 Å². The van der Waals surface area contributed by atoms with E-state index in [1.54, 1.807) is 10.6 Å². The van der Waals surface area contributed by atoms with Gasteiger partial charge in [0.15, 0.2) is 16.4 Å². The number of halogens is 1. The van der Waals surface area contributed by atoms with Crippen LogP contribution in [0.15, 0.2) is 11.6 Å². The molecule has 0 saturated heterocycles. The first-order chi connectivity index (χ1) is 5.33. The number of thiazole rings is 1. The molecule has 0 aromatic carbocycles. The van der Waals surface area contributed by atoms with Crippen LogP contribution in [0.4, 0.5) is 0 Å². The molecular formula is C6H3ClN2OS. The van der Waals surface area contributed by atoms with Crippen LogP contribution in [0.3, 0.4) is 0 Å². The van der Waals surface area contributed by atoms with Gasteiger partial charge in [0.25, 0.3) is 0 Å². The highest BCUT2D eigenvalue weighted by molar-refractivity contribution is 7.15. The lowest BCUT2D eigenvalue weighted by molar-refractivity contribution is 0.111. The van der Waals surface area contributed by atoms with Crippen LogP contribution in [0, 0.1) is 0 Å². The number of imidazole rings is 1. The zero-order valence-corrected chi connectivity index (χ0v) is 6.89. The Bertz CT molecular complexity index is 406. The van der Waals surface area contributed by atoms with Crippen molar-refractivity contribution in [2.45, 2.75) is 0 Å². The molecular weight excluding hydrogens is 184 g/mol. The standard InChI is InChI=1S/C6H3ClN2OS/c7-5-4(3-10)9-1-2-11-6(9)8-5/h1-3H. The third kappa shape index (κ3) is 0.868. The predicted molar refractivity (Wildman–Crippen MR) is 43.5 cm³/mol. The fraction of sp³-hybridized carbons (Fsp3) is 0. The van der Waals surface area contributed by atoms with Gasteiger partial charge in [-0.1, -0.05) is 11.6 Å². The van der Waals surface area contributed by atoms with Gasteiger partial charge in [-0.05, 0) is 0 Å². The van der Waals surface area contributed by atoms with E-state index in [0.717, 1.165) is 4.96 Å². The molecule has 2 rings (SSSR count). The number of carbonyl (C=O) groups excluding carboxylic acids is 1. The van der Waals surface area contributed by atoms with Crippen molar-refractivity contribution in [2.24, 2.45) is 0 Å². The van der Waals surface area contributed by atoms with Gasteiger partial charge >= 0.3 is 0 Å². The lowest BCUT2D eigenvalue weighted by atomic mass is 10.5. The number of aldehydes is 1. The van der Waals surface area contributed by atoms with E-state index in [4.69, 9.17) is 11.6 Å². The van der Waals surface area contributed by atoms with Gasteiger partial charge in [0.05, 0.1) is 0 Å². The number of hydrogen-bond acceptors (Lipinski definition) is 3. The second kappa shape index (κ2) is 2.32. The van der Waals surface area contributed by atoms with Crippen LogP contribution in [0.2, 0.25) is 5.15 Å². The molecule has 0 aliphatic carbocycles. The van der Waals surface area contributed by atoms with E-state index in [1.807, 2.05) is 5.38 Å². The SMILES string of the molecule is O=Cc1c(Cl)nc2sccn12. The van der Waals surface area contributed by atoms with Gasteiger partial charge in [0.2, 0.25) is 0 Å². The van der Waals surface area contributed by atoms with Crippen molar-refractivity contribution >= 4 is 34.2 Å². The third-order valence-corrected chi connectivity index (χ3v) is 2.40. The van der Waals surface area contributed by atoms with Crippen LogP contribution in [0.25, 0.3) is 4.96 Å². The third-order valence-electron chi connectivity index (χ3n) is 1.37. The van der Waals surface area contributed by atoms with Crippen LogP contribution < -0.4 is 0 Å². The van der Waals surface area contributed by atoms with Gasteiger partial charge in [-0.15, -0.1) is 11.3 Å². The quantitative estimate of drug-likeness (QED) is 0.638. The second-order valence-electron chi connectivity index (χ2n) is 1.96. The lowest BCUT2D eigenvalue weighted by Crippen LogP contribution is -1.85. The molecule has 2 aromatic rings. The van der Waals surface area contributed by atoms with Crippen LogP contribution in [-0.2, 0) is 0 Å². The molecule has 3 nitrogen and oxygen atoms in total. The fourth-order valence-corrected chi connectivity index (χ4v) is 1.87. The summed E-state index contributed by atoms with van der Waals surface area (Å²) in [4.78, 5) is 15.2. The van der Waals surface area contributed by atoms with E-state index in [1.165, 1.54) is 11.3 Å². The van der Waals surface area contributed by atoms with Crippen molar-refractivity contribution in [2.75, 3.05) is 0 Å². The Morgan fingerprint density at radius 1 is 1.73 bits per heavy atom. The zero-order chi connectivity index (χ0) is 7.84. The number of hydrogen-bond donors (Lipinski definition) is 0. The fourth-order valence-electron chi connectivity index (χ4n) is 0.882. The minimum Gasteiger partial charge on any atom is -0.296 e. The van der Waals surface area contributed by atoms with Gasteiger partial charge in [0, 0.05) is 11.6 Å². The van der Waals surface area contributed by atoms with E-state index in [0.29, 0.717) is 12.0 Å². The van der Waals surface area contributed by atoms with Gasteiger partial charge in [0.1, 0.15) is 5.69 Å². The van der Waals surface area contributed by atoms with Gasteiger partial charge in [-0.25, -0.2) is 4.98 Å². The molecule has 2 heterocycles. The van der Waals surface area contributed by atoms with Crippen molar-refractivity contribution in [1.29, 1.82) is 0 Å². The summed E-state index contributed by atoms with van der Waals surface area (Å²) in [5, 5.41) is 2.12. The Balaban J connectivity index is 2.90. The molecule has 0 unspecified atom stereocenters. The highest BCUT2D eigenvalue weighted by atomic mass is 35.5. The largest absolute Gasteiger partial charge is 0.296 e. The van der Waals surface area contributed by atoms with E-state index < -0.39 is 0 Å². The molecule has 56 valence electrons. The van der Waals surface area contributed by atoms with E-state index in [9.17, 15) is 4.79 Å². The Hall–Kier alpha value is -0.870. The zero-order valence-electron chi connectivity index (χ0n) is 5.32. The first-order valence-electron chi connectivity index (χ1n) is 2.89. The molecule has 0 amide bonds. The number of aromatic nitrogens is 2. The van der Waals surface area contributed by atoms with Crippen molar-refractivity contribution in [3.63, 3.8) is 0 Å². The molecule has 0 N–H and O–H groups in total. The summed E-state index contributed by atoms with van der Waals surface area (Å²) in [5.41, 5.74) is 0.419. The maximum Gasteiger partial charge on any atom is 0.195 e. The minimum atomic E-state index is 0.270. The summed E-state index contributed by atoms with van der Waals surface area (Å²) in [7, 11) is 0. The number of rotatable bonds is 1. The Morgan fingerprint density at radius 3 is 3.27 bits per heavy atom. The molecule has 0 spiro atoms. The smallest absolute Gasteiger partial charge is 0.195 e. The molecule has 0 aliphatic heterocycles. The predicted octanol–water partition coefficient (Wildman–Crippen LogP) is 1.86. The van der Waals surface area contributed by atoms with E-state index in [2.05, 4.69) is 4.98 Å². The average Bonchev–Trinajstić information content (AvgIpc) is 2.46. The normalized spacial score (nSPS) is 10.6. The molecule has 0 fully saturated rings. The Labute approximate surface area is 71.2 Å². The summed E-state index contributed by atoms with van der Waals surface area (Å²) in [6, 6.07) is 0. The molecule has 5 heteroatoms. The Morgan fingerprint density at radius 2 is 2.55 bits per heavy atom. The first-order valence-corrected chi connectivity index (χ1v) is 4.15. The summed E-state index contributed by atoms with van der Waals surface area (Å²) in [5.74, 6) is 0. The molecule has 0 saturated carbocycles. The monoisotopic (exact) mass is 186 g/mol. The van der Waals surface area contributed by atoms with Crippen LogP contribution in [-0.4, -0.2) is 15.7 Å². The average molecular weight is 187 g/mol. The van der Waals surface area contributed by atoms with Crippen molar-refractivity contribution < 1.29 is 4.79 Å². The summed E-state index contributed by atoms with van der Waals surface area (Å²) in [6.07, 6.45) is 2.47. The van der Waals surface area contributed by atoms with Gasteiger partial charge < -0.3 is 0 Å². The minimum absolute atomic E-state index is 0.270. The highest BCUT2D eigenvalue weighted by Crippen LogP contribution is 2.19. The second-order valence-corrected chi connectivity index (χ2v) is 3.19. The van der Waals surface area contributed by atoms with Gasteiger partial charge in [-0.3, -0.25) is 9.20 Å². The van der Waals surface area contributed by atoms with Crippen molar-refractivity contribution in [3.8, 4) is 0 Å². The van der Waals surface area contributed by atoms with Gasteiger partial charge in [-0.2, -0.15) is 0 Å². The highest BCUT2D eigenvalue weighted by Gasteiger charge is 2.08. The summed E-state index contributed by atoms with van der Waals surface area (Å²) >= 11 is 7.10. The molecule has 11 heavy (non-hydrogen) atoms. The number of nitrogens with zero attached hydrogens (tertiary/aromatic N) is 2. The van der Waals surface area contributed by atoms with Crippen molar-refractivity contribution in [1.82, 2.24) is 9.38 Å². The number of fused-ring (bicyclic) bond motifs is 1. The molecule has 2 aromatic heterocycles. The summed E-state index contributed by atoms with van der Waals surface area (Å²) in [6.45, 7) is 0. The maximum absolute atomic E-state index is 10.5. The van der Waals surface area contributed by atoms with Crippen LogP contribution in [0.1, 0.15) is 10.5 Å².